The average Bonchev–Trinajstić information content (AvgIpc) is 3.52. The lowest BCUT2D eigenvalue weighted by Crippen LogP contribution is -2.50. The summed E-state index contributed by atoms with van der Waals surface area (Å²) in [7, 11) is 3.69. The molecule has 200 valence electrons. The number of fused-ring (bicyclic) bond motifs is 1. The molecule has 1 saturated heterocycles. The monoisotopic (exact) mass is 514 g/mol. The van der Waals surface area contributed by atoms with Gasteiger partial charge in [-0.15, -0.1) is 0 Å². The Labute approximate surface area is 225 Å². The van der Waals surface area contributed by atoms with Crippen molar-refractivity contribution in [3.05, 3.63) is 60.0 Å². The first-order chi connectivity index (χ1) is 18.1. The molecule has 1 atom stereocenters. The molecule has 4 heterocycles. The van der Waals surface area contributed by atoms with E-state index in [1.54, 1.807) is 22.5 Å². The van der Waals surface area contributed by atoms with Crippen molar-refractivity contribution >= 4 is 17.8 Å². The van der Waals surface area contributed by atoms with Gasteiger partial charge in [-0.1, -0.05) is 26.8 Å². The maximum absolute atomic E-state index is 9.69. The largest absolute Gasteiger partial charge is 0.380 e. The van der Waals surface area contributed by atoms with Crippen molar-refractivity contribution in [3.63, 3.8) is 0 Å². The second-order valence-corrected chi connectivity index (χ2v) is 10.9. The minimum absolute atomic E-state index is 0.0998. The number of ether oxygens (including phenoxy) is 1. The van der Waals surface area contributed by atoms with E-state index in [1.165, 1.54) is 0 Å². The highest BCUT2D eigenvalue weighted by molar-refractivity contribution is 5.84. The van der Waals surface area contributed by atoms with E-state index in [0.29, 0.717) is 5.56 Å². The number of methoxy groups -OCH3 is 1. The number of piperazine rings is 1. The second kappa shape index (κ2) is 11.3. The van der Waals surface area contributed by atoms with E-state index in [4.69, 9.17) is 4.74 Å². The van der Waals surface area contributed by atoms with Crippen LogP contribution in [0.1, 0.15) is 38.8 Å². The van der Waals surface area contributed by atoms with E-state index in [2.05, 4.69) is 64.6 Å². The van der Waals surface area contributed by atoms with Crippen LogP contribution in [0, 0.1) is 16.7 Å². The van der Waals surface area contributed by atoms with Crippen LogP contribution in [0.15, 0.2) is 53.8 Å². The van der Waals surface area contributed by atoms with E-state index in [9.17, 15) is 5.26 Å². The van der Waals surface area contributed by atoms with E-state index in [-0.39, 0.29) is 11.5 Å². The topological polar surface area (TPSA) is 87.0 Å². The standard InChI is InChI=1S/C29H38N8O/c1-21(8-9-27(31-5)36-12-10-35(11-13-36)20-26(38-7)29(2,3)4)25-14-22(24-17-32-34(6)18-24)19-37-28(25)23(15-30)16-33-37/h8-9,14,16-19,26H,5,10-13,20H2,1-4,6-7H3/b21-8+,27-9+. The summed E-state index contributed by atoms with van der Waals surface area (Å²) < 4.78 is 9.31. The van der Waals surface area contributed by atoms with Crippen LogP contribution < -0.4 is 0 Å². The molecule has 0 aromatic carbocycles. The summed E-state index contributed by atoms with van der Waals surface area (Å²) in [6, 6.07) is 4.37. The van der Waals surface area contributed by atoms with E-state index in [1.807, 2.05) is 44.7 Å². The molecule has 0 bridgehead atoms. The molecule has 4 rings (SSSR count). The molecule has 1 aliphatic heterocycles. The molecule has 1 unspecified atom stereocenters. The highest BCUT2D eigenvalue weighted by atomic mass is 16.5. The highest BCUT2D eigenvalue weighted by Crippen LogP contribution is 2.29. The van der Waals surface area contributed by atoms with Gasteiger partial charge in [-0.25, -0.2) is 9.51 Å². The molecule has 3 aromatic heterocycles. The Morgan fingerprint density at radius 2 is 1.89 bits per heavy atom. The third-order valence-electron chi connectivity index (χ3n) is 7.21. The minimum atomic E-state index is 0.0998. The summed E-state index contributed by atoms with van der Waals surface area (Å²) in [5, 5.41) is 18.4. The Bertz CT molecular complexity index is 1390. The molecule has 0 aliphatic carbocycles. The number of allylic oxidation sites excluding steroid dienone is 3. The zero-order valence-electron chi connectivity index (χ0n) is 23.3. The fourth-order valence-corrected chi connectivity index (χ4v) is 4.88. The van der Waals surface area contributed by atoms with E-state index >= 15 is 0 Å². The Balaban J connectivity index is 1.57. The molecule has 0 N–H and O–H groups in total. The van der Waals surface area contributed by atoms with Gasteiger partial charge in [-0.05, 0) is 36.8 Å². The average molecular weight is 515 g/mol. The number of aromatic nitrogens is 4. The first-order valence-corrected chi connectivity index (χ1v) is 12.9. The summed E-state index contributed by atoms with van der Waals surface area (Å²) in [4.78, 5) is 9.07. The summed E-state index contributed by atoms with van der Waals surface area (Å²) in [5.41, 5.74) is 5.34. The van der Waals surface area contributed by atoms with Crippen LogP contribution in [0.5, 0.6) is 0 Å². The summed E-state index contributed by atoms with van der Waals surface area (Å²) in [6.45, 7) is 17.1. The smallest absolute Gasteiger partial charge is 0.127 e. The number of aryl methyl sites for hydroxylation is 1. The highest BCUT2D eigenvalue weighted by Gasteiger charge is 2.28. The fraction of sp³-hybridized carbons (Fsp3) is 0.448. The maximum atomic E-state index is 9.69. The van der Waals surface area contributed by atoms with Crippen molar-refractivity contribution in [2.45, 2.75) is 33.8 Å². The van der Waals surface area contributed by atoms with Gasteiger partial charge in [-0.3, -0.25) is 9.58 Å². The maximum Gasteiger partial charge on any atom is 0.127 e. The van der Waals surface area contributed by atoms with Gasteiger partial charge in [0.25, 0.3) is 0 Å². The van der Waals surface area contributed by atoms with Crippen molar-refractivity contribution in [2.75, 3.05) is 39.8 Å². The van der Waals surface area contributed by atoms with Gasteiger partial charge >= 0.3 is 0 Å². The van der Waals surface area contributed by atoms with Crippen LogP contribution in [0.3, 0.4) is 0 Å². The van der Waals surface area contributed by atoms with Crippen LogP contribution in [-0.4, -0.2) is 81.8 Å². The predicted molar refractivity (Wildman–Crippen MR) is 152 cm³/mol. The van der Waals surface area contributed by atoms with Crippen molar-refractivity contribution in [1.82, 2.24) is 29.2 Å². The molecule has 3 aromatic rings. The van der Waals surface area contributed by atoms with Crippen LogP contribution in [0.2, 0.25) is 0 Å². The zero-order valence-corrected chi connectivity index (χ0v) is 23.3. The lowest BCUT2D eigenvalue weighted by molar-refractivity contribution is -0.0161. The molecule has 1 fully saturated rings. The van der Waals surface area contributed by atoms with Crippen molar-refractivity contribution in [2.24, 2.45) is 17.5 Å². The number of pyridine rings is 1. The van der Waals surface area contributed by atoms with Gasteiger partial charge in [0, 0.05) is 76.0 Å². The third kappa shape index (κ3) is 5.87. The van der Waals surface area contributed by atoms with Gasteiger partial charge in [0.2, 0.25) is 0 Å². The number of hydrogen-bond acceptors (Lipinski definition) is 7. The normalized spacial score (nSPS) is 16.6. The SMILES string of the molecule is C=N/C(=C\C=C(/C)c1cc(-c2cnn(C)c2)cn2ncc(C#N)c12)N1CCN(CC(OC)C(C)(C)C)CC1. The zero-order chi connectivity index (χ0) is 27.4. The lowest BCUT2D eigenvalue weighted by Gasteiger charge is -2.39. The van der Waals surface area contributed by atoms with Gasteiger partial charge in [-0.2, -0.15) is 15.5 Å². The third-order valence-corrected chi connectivity index (χ3v) is 7.21. The fourth-order valence-electron chi connectivity index (χ4n) is 4.88. The van der Waals surface area contributed by atoms with Crippen LogP contribution in [0.4, 0.5) is 0 Å². The number of aliphatic imine (C=N–C) groups is 1. The van der Waals surface area contributed by atoms with Gasteiger partial charge < -0.3 is 9.64 Å². The minimum Gasteiger partial charge on any atom is -0.380 e. The quantitative estimate of drug-likeness (QED) is 0.330. The lowest BCUT2D eigenvalue weighted by atomic mass is 9.88. The van der Waals surface area contributed by atoms with Gasteiger partial charge in [0.1, 0.15) is 11.9 Å². The number of rotatable bonds is 8. The van der Waals surface area contributed by atoms with Crippen LogP contribution in [-0.2, 0) is 11.8 Å². The summed E-state index contributed by atoms with van der Waals surface area (Å²) in [6.07, 6.45) is 11.6. The predicted octanol–water partition coefficient (Wildman–Crippen LogP) is 4.23. The molecular weight excluding hydrogens is 476 g/mol. The molecule has 1 aliphatic rings. The number of hydrogen-bond donors (Lipinski definition) is 0. The summed E-state index contributed by atoms with van der Waals surface area (Å²) in [5.74, 6) is 0.844. The molecule has 9 heteroatoms. The molecular formula is C29H38N8O. The molecule has 0 radical (unpaired) electrons. The molecule has 0 spiro atoms. The Morgan fingerprint density at radius 1 is 1.16 bits per heavy atom. The Hall–Kier alpha value is -3.74. The van der Waals surface area contributed by atoms with Gasteiger partial charge in [0.05, 0.1) is 29.6 Å². The molecule has 0 saturated carbocycles. The van der Waals surface area contributed by atoms with Crippen LogP contribution >= 0.6 is 0 Å². The Morgan fingerprint density at radius 3 is 2.47 bits per heavy atom. The van der Waals surface area contributed by atoms with Crippen LogP contribution in [0.25, 0.3) is 22.2 Å². The number of nitriles is 1. The number of nitrogens with zero attached hydrogens (tertiary/aromatic N) is 8. The first kappa shape index (κ1) is 27.3. The molecule has 9 nitrogen and oxygen atoms in total. The van der Waals surface area contributed by atoms with Crippen molar-refractivity contribution < 1.29 is 4.74 Å². The first-order valence-electron chi connectivity index (χ1n) is 12.9. The molecule has 38 heavy (non-hydrogen) atoms. The molecule has 0 amide bonds. The Kier molecular flexibility index (Phi) is 8.14. The van der Waals surface area contributed by atoms with E-state index < -0.39 is 0 Å². The van der Waals surface area contributed by atoms with E-state index in [0.717, 1.165) is 66.3 Å². The second-order valence-electron chi connectivity index (χ2n) is 10.9. The summed E-state index contributed by atoms with van der Waals surface area (Å²) >= 11 is 0. The van der Waals surface area contributed by atoms with Crippen molar-refractivity contribution in [1.29, 1.82) is 5.26 Å². The van der Waals surface area contributed by atoms with Gasteiger partial charge in [0.15, 0.2) is 0 Å². The van der Waals surface area contributed by atoms with Crippen molar-refractivity contribution in [3.8, 4) is 17.2 Å².